The largest absolute Gasteiger partial charge is 0.377 e. The fourth-order valence-electron chi connectivity index (χ4n) is 0.870. The molecular formula is C9H11BrO. The topological polar surface area (TPSA) is 9.23 Å². The van der Waals surface area contributed by atoms with Gasteiger partial charge in [-0.05, 0) is 24.6 Å². The third-order valence-corrected chi connectivity index (χ3v) is 2.22. The van der Waals surface area contributed by atoms with E-state index >= 15 is 0 Å². The van der Waals surface area contributed by atoms with Crippen LogP contribution in [-0.2, 0) is 4.74 Å². The van der Waals surface area contributed by atoms with E-state index in [9.17, 15) is 0 Å². The number of hydrogen-bond acceptors (Lipinski definition) is 1. The van der Waals surface area contributed by atoms with Gasteiger partial charge in [0.25, 0.3) is 0 Å². The molecule has 1 atom stereocenters. The maximum absolute atomic E-state index is 5.16. The molecule has 1 aromatic carbocycles. The summed E-state index contributed by atoms with van der Waals surface area (Å²) < 4.78 is 6.26. The summed E-state index contributed by atoms with van der Waals surface area (Å²) in [6, 6.07) is 8.15. The summed E-state index contributed by atoms with van der Waals surface area (Å²) in [5, 5.41) is 0. The van der Waals surface area contributed by atoms with Gasteiger partial charge in [0.2, 0.25) is 0 Å². The third-order valence-electron chi connectivity index (χ3n) is 1.69. The van der Waals surface area contributed by atoms with E-state index in [1.54, 1.807) is 7.11 Å². The molecule has 0 fully saturated rings. The molecule has 0 saturated heterocycles. The molecule has 0 N–H and O–H groups in total. The van der Waals surface area contributed by atoms with E-state index in [1.165, 1.54) is 5.56 Å². The van der Waals surface area contributed by atoms with Crippen LogP contribution in [0.25, 0.3) is 0 Å². The molecule has 2 heteroatoms. The Morgan fingerprint density at radius 1 is 1.27 bits per heavy atom. The van der Waals surface area contributed by atoms with Crippen LogP contribution in [0.5, 0.6) is 0 Å². The highest BCUT2D eigenvalue weighted by atomic mass is 79.9. The van der Waals surface area contributed by atoms with E-state index < -0.39 is 0 Å². The Balaban J connectivity index is 2.81. The number of benzene rings is 1. The zero-order valence-electron chi connectivity index (χ0n) is 6.67. The Hall–Kier alpha value is -0.340. The summed E-state index contributed by atoms with van der Waals surface area (Å²) in [5.41, 5.74) is 1.20. The number of hydrogen-bond donors (Lipinski definition) is 0. The standard InChI is InChI=1S/C9H11BrO/c1-7(11-2)8-3-5-9(10)6-4-8/h3-7H,1-2H3/t7-/m0/s1. The third kappa shape index (κ3) is 2.31. The van der Waals surface area contributed by atoms with Crippen molar-refractivity contribution in [2.75, 3.05) is 7.11 Å². The van der Waals surface area contributed by atoms with Crippen molar-refractivity contribution in [2.24, 2.45) is 0 Å². The minimum absolute atomic E-state index is 0.183. The summed E-state index contributed by atoms with van der Waals surface area (Å²) in [5.74, 6) is 0. The molecule has 1 rings (SSSR count). The Morgan fingerprint density at radius 2 is 1.82 bits per heavy atom. The minimum atomic E-state index is 0.183. The lowest BCUT2D eigenvalue weighted by Gasteiger charge is -2.08. The highest BCUT2D eigenvalue weighted by molar-refractivity contribution is 9.10. The highest BCUT2D eigenvalue weighted by Crippen LogP contribution is 2.18. The van der Waals surface area contributed by atoms with Crippen LogP contribution in [0.2, 0.25) is 0 Å². The van der Waals surface area contributed by atoms with E-state index in [0.29, 0.717) is 0 Å². The van der Waals surface area contributed by atoms with Gasteiger partial charge in [0, 0.05) is 11.6 Å². The lowest BCUT2D eigenvalue weighted by Crippen LogP contribution is -1.94. The van der Waals surface area contributed by atoms with Crippen LogP contribution in [0.1, 0.15) is 18.6 Å². The normalized spacial score (nSPS) is 13.0. The summed E-state index contributed by atoms with van der Waals surface area (Å²) in [6.07, 6.45) is 0.183. The zero-order chi connectivity index (χ0) is 8.27. The van der Waals surface area contributed by atoms with Gasteiger partial charge in [-0.15, -0.1) is 0 Å². The van der Waals surface area contributed by atoms with Gasteiger partial charge < -0.3 is 4.74 Å². The average Bonchev–Trinajstić information content (AvgIpc) is 2.05. The van der Waals surface area contributed by atoms with Crippen molar-refractivity contribution in [3.05, 3.63) is 34.3 Å². The van der Waals surface area contributed by atoms with E-state index in [1.807, 2.05) is 19.1 Å². The Bertz CT molecular complexity index is 218. The highest BCUT2D eigenvalue weighted by Gasteiger charge is 2.01. The van der Waals surface area contributed by atoms with Crippen LogP contribution < -0.4 is 0 Å². The lowest BCUT2D eigenvalue weighted by molar-refractivity contribution is 0.119. The molecule has 0 heterocycles. The molecule has 0 radical (unpaired) electrons. The lowest BCUT2D eigenvalue weighted by atomic mass is 10.1. The smallest absolute Gasteiger partial charge is 0.0793 e. The van der Waals surface area contributed by atoms with Gasteiger partial charge in [-0.2, -0.15) is 0 Å². The molecule has 1 aromatic rings. The molecule has 11 heavy (non-hydrogen) atoms. The fraction of sp³-hybridized carbons (Fsp3) is 0.333. The van der Waals surface area contributed by atoms with Crippen LogP contribution >= 0.6 is 15.9 Å². The minimum Gasteiger partial charge on any atom is -0.377 e. The average molecular weight is 215 g/mol. The first-order chi connectivity index (χ1) is 5.24. The molecule has 0 bridgehead atoms. The Labute approximate surface area is 75.5 Å². The zero-order valence-corrected chi connectivity index (χ0v) is 8.26. The van der Waals surface area contributed by atoms with Gasteiger partial charge in [-0.25, -0.2) is 0 Å². The summed E-state index contributed by atoms with van der Waals surface area (Å²) in [6.45, 7) is 2.03. The van der Waals surface area contributed by atoms with Crippen molar-refractivity contribution in [1.29, 1.82) is 0 Å². The van der Waals surface area contributed by atoms with Gasteiger partial charge in [-0.1, -0.05) is 28.1 Å². The summed E-state index contributed by atoms with van der Waals surface area (Å²) >= 11 is 3.38. The van der Waals surface area contributed by atoms with Gasteiger partial charge in [0.15, 0.2) is 0 Å². The molecule has 0 saturated carbocycles. The van der Waals surface area contributed by atoms with Crippen LogP contribution in [-0.4, -0.2) is 7.11 Å². The molecule has 60 valence electrons. The second kappa shape index (κ2) is 3.88. The monoisotopic (exact) mass is 214 g/mol. The Kier molecular flexibility index (Phi) is 3.09. The van der Waals surface area contributed by atoms with Crippen molar-refractivity contribution in [1.82, 2.24) is 0 Å². The van der Waals surface area contributed by atoms with Gasteiger partial charge in [0.1, 0.15) is 0 Å². The first-order valence-corrected chi connectivity index (χ1v) is 4.31. The molecule has 1 nitrogen and oxygen atoms in total. The second-order valence-corrected chi connectivity index (χ2v) is 3.35. The van der Waals surface area contributed by atoms with Crippen LogP contribution in [0.3, 0.4) is 0 Å². The Morgan fingerprint density at radius 3 is 2.27 bits per heavy atom. The number of ether oxygens (including phenoxy) is 1. The fourth-order valence-corrected chi connectivity index (χ4v) is 1.13. The summed E-state index contributed by atoms with van der Waals surface area (Å²) in [7, 11) is 1.71. The molecule has 0 aromatic heterocycles. The molecule has 0 spiro atoms. The van der Waals surface area contributed by atoms with E-state index in [2.05, 4.69) is 28.1 Å². The number of methoxy groups -OCH3 is 1. The van der Waals surface area contributed by atoms with Crippen molar-refractivity contribution >= 4 is 15.9 Å². The first kappa shape index (κ1) is 8.75. The molecule has 0 aliphatic heterocycles. The summed E-state index contributed by atoms with van der Waals surface area (Å²) in [4.78, 5) is 0. The molecular weight excluding hydrogens is 204 g/mol. The van der Waals surface area contributed by atoms with Crippen molar-refractivity contribution in [2.45, 2.75) is 13.0 Å². The first-order valence-electron chi connectivity index (χ1n) is 3.52. The van der Waals surface area contributed by atoms with Crippen LogP contribution in [0, 0.1) is 0 Å². The van der Waals surface area contributed by atoms with E-state index in [4.69, 9.17) is 4.74 Å². The predicted octanol–water partition coefficient (Wildman–Crippen LogP) is 3.16. The SMILES string of the molecule is CO[C@@H](C)c1ccc(Br)cc1. The number of halogens is 1. The second-order valence-electron chi connectivity index (χ2n) is 2.43. The van der Waals surface area contributed by atoms with Crippen molar-refractivity contribution in [3.63, 3.8) is 0 Å². The number of rotatable bonds is 2. The van der Waals surface area contributed by atoms with E-state index in [-0.39, 0.29) is 6.10 Å². The van der Waals surface area contributed by atoms with Crippen molar-refractivity contribution < 1.29 is 4.74 Å². The van der Waals surface area contributed by atoms with Gasteiger partial charge >= 0.3 is 0 Å². The van der Waals surface area contributed by atoms with Gasteiger partial charge in [0.05, 0.1) is 6.10 Å². The van der Waals surface area contributed by atoms with Crippen LogP contribution in [0.15, 0.2) is 28.7 Å². The molecule has 0 aliphatic carbocycles. The molecule has 0 aliphatic rings. The van der Waals surface area contributed by atoms with E-state index in [0.717, 1.165) is 4.47 Å². The van der Waals surface area contributed by atoms with Crippen molar-refractivity contribution in [3.8, 4) is 0 Å². The maximum atomic E-state index is 5.16. The van der Waals surface area contributed by atoms with Crippen LogP contribution in [0.4, 0.5) is 0 Å². The quantitative estimate of drug-likeness (QED) is 0.736. The van der Waals surface area contributed by atoms with Gasteiger partial charge in [-0.3, -0.25) is 0 Å². The maximum Gasteiger partial charge on any atom is 0.0793 e. The predicted molar refractivity (Wildman–Crippen MR) is 49.6 cm³/mol. The molecule has 0 unspecified atom stereocenters. The molecule has 0 amide bonds.